The van der Waals surface area contributed by atoms with Crippen molar-refractivity contribution >= 4 is 12.3 Å². The Hall–Kier alpha value is -0.900. The first-order valence-electron chi connectivity index (χ1n) is 6.52. The van der Waals surface area contributed by atoms with Gasteiger partial charge in [-0.1, -0.05) is 26.2 Å². The predicted octanol–water partition coefficient (Wildman–Crippen LogP) is 2.07. The maximum Gasteiger partial charge on any atom is 0.305 e. The summed E-state index contributed by atoms with van der Waals surface area (Å²) in [5, 5.41) is 2.87. The minimum Gasteiger partial charge on any atom is -0.466 e. The highest BCUT2D eigenvalue weighted by molar-refractivity contribution is 5.69. The van der Waals surface area contributed by atoms with Crippen LogP contribution in [0.5, 0.6) is 0 Å². The van der Waals surface area contributed by atoms with E-state index < -0.39 is 0 Å². The minimum atomic E-state index is -0.151. The van der Waals surface area contributed by atoms with Gasteiger partial charge >= 0.3 is 5.97 Å². The van der Waals surface area contributed by atoms with Gasteiger partial charge in [0.15, 0.2) is 0 Å². The van der Waals surface area contributed by atoms with Crippen molar-refractivity contribution in [2.45, 2.75) is 57.9 Å². The lowest BCUT2D eigenvalue weighted by Crippen LogP contribution is -2.26. The SMILES string of the molecule is CCCCCCOC(=O)CCCC(C=O)NC. The minimum absolute atomic E-state index is 0.146. The molecule has 0 bridgehead atoms. The van der Waals surface area contributed by atoms with Crippen LogP contribution in [0.15, 0.2) is 0 Å². The Bertz CT molecular complexity index is 207. The molecule has 4 heteroatoms. The smallest absolute Gasteiger partial charge is 0.305 e. The van der Waals surface area contributed by atoms with Crippen LogP contribution < -0.4 is 5.32 Å². The van der Waals surface area contributed by atoms with Crippen LogP contribution in [0.25, 0.3) is 0 Å². The summed E-state index contributed by atoms with van der Waals surface area (Å²) in [6.07, 6.45) is 7.11. The van der Waals surface area contributed by atoms with Crippen molar-refractivity contribution in [1.29, 1.82) is 0 Å². The number of aldehydes is 1. The van der Waals surface area contributed by atoms with E-state index >= 15 is 0 Å². The van der Waals surface area contributed by atoms with Crippen LogP contribution in [0.2, 0.25) is 0 Å². The number of nitrogens with one attached hydrogen (secondary N) is 1. The number of likely N-dealkylation sites (N-methyl/N-ethyl adjacent to an activating group) is 1. The summed E-state index contributed by atoms with van der Waals surface area (Å²) < 4.78 is 5.09. The lowest BCUT2D eigenvalue weighted by Gasteiger charge is -2.08. The third-order valence-electron chi connectivity index (χ3n) is 2.69. The van der Waals surface area contributed by atoms with Crippen LogP contribution in [0.4, 0.5) is 0 Å². The molecule has 0 aromatic rings. The Labute approximate surface area is 104 Å². The van der Waals surface area contributed by atoms with Crippen LogP contribution in [-0.4, -0.2) is 32.0 Å². The standard InChI is InChI=1S/C13H25NO3/c1-3-4-5-6-10-17-13(16)9-7-8-12(11-15)14-2/h11-12,14H,3-10H2,1-2H3. The van der Waals surface area contributed by atoms with E-state index in [1.54, 1.807) is 7.05 Å². The molecule has 4 nitrogen and oxygen atoms in total. The first kappa shape index (κ1) is 16.1. The molecule has 1 unspecified atom stereocenters. The third-order valence-corrected chi connectivity index (χ3v) is 2.69. The van der Waals surface area contributed by atoms with Gasteiger partial charge in [-0.3, -0.25) is 4.79 Å². The first-order valence-corrected chi connectivity index (χ1v) is 6.52. The van der Waals surface area contributed by atoms with E-state index in [4.69, 9.17) is 4.74 Å². The Kier molecular flexibility index (Phi) is 11.0. The van der Waals surface area contributed by atoms with E-state index in [0.717, 1.165) is 19.1 Å². The monoisotopic (exact) mass is 243 g/mol. The zero-order chi connectivity index (χ0) is 12.9. The number of rotatable bonds is 11. The molecule has 0 aliphatic rings. The molecule has 0 aromatic heterocycles. The molecular formula is C13H25NO3. The fourth-order valence-corrected chi connectivity index (χ4v) is 1.53. The van der Waals surface area contributed by atoms with Gasteiger partial charge in [0.2, 0.25) is 0 Å². The second-order valence-electron chi connectivity index (χ2n) is 4.20. The van der Waals surface area contributed by atoms with E-state index in [-0.39, 0.29) is 12.0 Å². The van der Waals surface area contributed by atoms with Crippen LogP contribution >= 0.6 is 0 Å². The molecular weight excluding hydrogens is 218 g/mol. The summed E-state index contributed by atoms with van der Waals surface area (Å²) in [6, 6.07) is -0.146. The number of carbonyl (C=O) groups is 2. The molecule has 0 rings (SSSR count). The molecule has 0 aliphatic heterocycles. The van der Waals surface area contributed by atoms with Gasteiger partial charge < -0.3 is 14.8 Å². The van der Waals surface area contributed by atoms with Gasteiger partial charge in [-0.2, -0.15) is 0 Å². The number of esters is 1. The highest BCUT2D eigenvalue weighted by Gasteiger charge is 2.07. The third kappa shape index (κ3) is 10.00. The second kappa shape index (κ2) is 11.6. The van der Waals surface area contributed by atoms with Gasteiger partial charge in [0, 0.05) is 6.42 Å². The first-order chi connectivity index (χ1) is 8.24. The second-order valence-corrected chi connectivity index (χ2v) is 4.20. The predicted molar refractivity (Wildman–Crippen MR) is 67.9 cm³/mol. The quantitative estimate of drug-likeness (QED) is 0.343. The van der Waals surface area contributed by atoms with Crippen molar-refractivity contribution in [3.05, 3.63) is 0 Å². The summed E-state index contributed by atoms with van der Waals surface area (Å²) in [7, 11) is 1.74. The van der Waals surface area contributed by atoms with E-state index in [0.29, 0.717) is 25.9 Å². The van der Waals surface area contributed by atoms with Gasteiger partial charge in [0.1, 0.15) is 6.29 Å². The maximum absolute atomic E-state index is 11.3. The van der Waals surface area contributed by atoms with Gasteiger partial charge in [0.05, 0.1) is 12.6 Å². The molecule has 100 valence electrons. The summed E-state index contributed by atoms with van der Waals surface area (Å²) >= 11 is 0. The van der Waals surface area contributed by atoms with Crippen LogP contribution in [-0.2, 0) is 14.3 Å². The molecule has 17 heavy (non-hydrogen) atoms. The molecule has 0 saturated heterocycles. The van der Waals surface area contributed by atoms with Gasteiger partial charge in [-0.05, 0) is 26.3 Å². The molecule has 0 fully saturated rings. The Morgan fingerprint density at radius 2 is 2.06 bits per heavy atom. The molecule has 1 N–H and O–H groups in total. The Morgan fingerprint density at radius 3 is 2.65 bits per heavy atom. The summed E-state index contributed by atoms with van der Waals surface area (Å²) in [4.78, 5) is 21.8. The molecule has 1 atom stereocenters. The van der Waals surface area contributed by atoms with Crippen molar-refractivity contribution in [1.82, 2.24) is 5.32 Å². The molecule has 0 spiro atoms. The van der Waals surface area contributed by atoms with E-state index in [9.17, 15) is 9.59 Å². The number of unbranched alkanes of at least 4 members (excludes halogenated alkanes) is 3. The fraction of sp³-hybridized carbons (Fsp3) is 0.846. The average Bonchev–Trinajstić information content (AvgIpc) is 2.34. The van der Waals surface area contributed by atoms with Crippen LogP contribution in [0, 0.1) is 0 Å². The molecule has 0 heterocycles. The molecule has 0 aromatic carbocycles. The highest BCUT2D eigenvalue weighted by Crippen LogP contribution is 2.03. The molecule has 0 saturated carbocycles. The zero-order valence-electron chi connectivity index (χ0n) is 11.0. The van der Waals surface area contributed by atoms with Crippen molar-refractivity contribution in [2.24, 2.45) is 0 Å². The molecule has 0 aliphatic carbocycles. The summed E-state index contributed by atoms with van der Waals surface area (Å²) in [5.74, 6) is -0.151. The maximum atomic E-state index is 11.3. The van der Waals surface area contributed by atoms with Gasteiger partial charge in [-0.25, -0.2) is 0 Å². The fourth-order valence-electron chi connectivity index (χ4n) is 1.53. The van der Waals surface area contributed by atoms with Gasteiger partial charge in [-0.15, -0.1) is 0 Å². The van der Waals surface area contributed by atoms with E-state index in [2.05, 4.69) is 12.2 Å². The van der Waals surface area contributed by atoms with Crippen LogP contribution in [0.1, 0.15) is 51.9 Å². The average molecular weight is 243 g/mol. The van der Waals surface area contributed by atoms with Crippen molar-refractivity contribution in [3.63, 3.8) is 0 Å². The Balaban J connectivity index is 3.37. The largest absolute Gasteiger partial charge is 0.466 e. The molecule has 0 radical (unpaired) electrons. The Morgan fingerprint density at radius 1 is 1.29 bits per heavy atom. The number of hydrogen-bond donors (Lipinski definition) is 1. The summed E-state index contributed by atoms with van der Waals surface area (Å²) in [5.41, 5.74) is 0. The number of carbonyl (C=O) groups excluding carboxylic acids is 2. The van der Waals surface area contributed by atoms with Crippen molar-refractivity contribution < 1.29 is 14.3 Å². The van der Waals surface area contributed by atoms with Crippen LogP contribution in [0.3, 0.4) is 0 Å². The summed E-state index contributed by atoms with van der Waals surface area (Å²) in [6.45, 7) is 2.68. The lowest BCUT2D eigenvalue weighted by atomic mass is 10.1. The molecule has 0 amide bonds. The number of hydrogen-bond acceptors (Lipinski definition) is 4. The topological polar surface area (TPSA) is 55.4 Å². The van der Waals surface area contributed by atoms with Crippen molar-refractivity contribution in [2.75, 3.05) is 13.7 Å². The van der Waals surface area contributed by atoms with E-state index in [1.165, 1.54) is 12.8 Å². The highest BCUT2D eigenvalue weighted by atomic mass is 16.5. The van der Waals surface area contributed by atoms with Gasteiger partial charge in [0.25, 0.3) is 0 Å². The lowest BCUT2D eigenvalue weighted by molar-refractivity contribution is -0.144. The van der Waals surface area contributed by atoms with E-state index in [1.807, 2.05) is 0 Å². The van der Waals surface area contributed by atoms with Crippen molar-refractivity contribution in [3.8, 4) is 0 Å². The number of ether oxygens (including phenoxy) is 1. The normalized spacial score (nSPS) is 12.1. The zero-order valence-corrected chi connectivity index (χ0v) is 11.0.